The molecule has 0 aliphatic carbocycles. The lowest BCUT2D eigenvalue weighted by Gasteiger charge is -2.21. The molecule has 0 aliphatic rings. The Morgan fingerprint density at radius 3 is 0.804 bits per heavy atom. The van der Waals surface area contributed by atoms with E-state index in [0.717, 1.165) is 115 Å². The summed E-state index contributed by atoms with van der Waals surface area (Å²) in [5.74, 6) is -1.34. The fourth-order valence-electron chi connectivity index (χ4n) is 12.4. The number of phosphoric acid groups is 2. The number of aliphatic hydroxyl groups excluding tert-OH is 1. The molecule has 602 valence electrons. The van der Waals surface area contributed by atoms with Crippen molar-refractivity contribution in [3.8, 4) is 0 Å². The van der Waals surface area contributed by atoms with E-state index in [1.54, 1.807) is 0 Å². The first-order valence-corrected chi connectivity index (χ1v) is 45.4. The minimum Gasteiger partial charge on any atom is -0.462 e. The van der Waals surface area contributed by atoms with Gasteiger partial charge in [-0.3, -0.25) is 37.3 Å². The number of rotatable bonds is 81. The maximum absolute atomic E-state index is 13.1. The molecule has 0 spiro atoms. The summed E-state index contributed by atoms with van der Waals surface area (Å²) in [6, 6.07) is 0. The lowest BCUT2D eigenvalue weighted by atomic mass is 10.0. The van der Waals surface area contributed by atoms with E-state index in [9.17, 15) is 43.2 Å². The zero-order valence-electron chi connectivity index (χ0n) is 66.2. The van der Waals surface area contributed by atoms with Gasteiger partial charge in [0.2, 0.25) is 0 Å². The topological polar surface area (TPSA) is 237 Å². The average molecular weight is 1490 g/mol. The van der Waals surface area contributed by atoms with Gasteiger partial charge in [-0.25, -0.2) is 9.13 Å². The van der Waals surface area contributed by atoms with Gasteiger partial charge in [-0.1, -0.05) is 367 Å². The summed E-state index contributed by atoms with van der Waals surface area (Å²) in [6.07, 6.45) is 70.4. The van der Waals surface area contributed by atoms with Crippen LogP contribution in [0, 0.1) is 5.92 Å². The predicted molar refractivity (Wildman–Crippen MR) is 418 cm³/mol. The van der Waals surface area contributed by atoms with Crippen LogP contribution < -0.4 is 0 Å². The van der Waals surface area contributed by atoms with Crippen LogP contribution in [0.3, 0.4) is 0 Å². The van der Waals surface area contributed by atoms with Crippen LogP contribution >= 0.6 is 15.6 Å². The molecule has 0 saturated heterocycles. The predicted octanol–water partition coefficient (Wildman–Crippen LogP) is 24.8. The minimum atomic E-state index is -4.97. The van der Waals surface area contributed by atoms with Crippen LogP contribution in [-0.4, -0.2) is 96.7 Å². The maximum atomic E-state index is 13.1. The summed E-state index contributed by atoms with van der Waals surface area (Å²) in [5.41, 5.74) is 0. The monoisotopic (exact) mass is 1490 g/mol. The molecule has 0 aromatic heterocycles. The third-order valence-electron chi connectivity index (χ3n) is 18.9. The van der Waals surface area contributed by atoms with E-state index in [-0.39, 0.29) is 25.7 Å². The summed E-state index contributed by atoms with van der Waals surface area (Å²) in [4.78, 5) is 73.0. The molecule has 102 heavy (non-hydrogen) atoms. The van der Waals surface area contributed by atoms with Crippen LogP contribution in [0.5, 0.6) is 0 Å². The summed E-state index contributed by atoms with van der Waals surface area (Å²) < 4.78 is 68.6. The molecule has 0 aromatic carbocycles. The van der Waals surface area contributed by atoms with Gasteiger partial charge in [0.25, 0.3) is 0 Å². The molecule has 0 rings (SSSR count). The van der Waals surface area contributed by atoms with Gasteiger partial charge >= 0.3 is 39.5 Å². The second-order valence-corrected chi connectivity index (χ2v) is 32.6. The van der Waals surface area contributed by atoms with E-state index in [2.05, 4.69) is 58.9 Å². The van der Waals surface area contributed by atoms with Crippen molar-refractivity contribution in [3.63, 3.8) is 0 Å². The molecule has 0 radical (unpaired) electrons. The number of hydrogen-bond acceptors (Lipinski definition) is 15. The van der Waals surface area contributed by atoms with E-state index in [1.165, 1.54) is 225 Å². The smallest absolute Gasteiger partial charge is 0.462 e. The number of allylic oxidation sites excluding steroid dienone is 4. The number of phosphoric ester groups is 2. The third-order valence-corrected chi connectivity index (χ3v) is 20.8. The second kappa shape index (κ2) is 75.4. The molecule has 0 heterocycles. The van der Waals surface area contributed by atoms with Crippen LogP contribution in [-0.2, 0) is 65.4 Å². The van der Waals surface area contributed by atoms with Crippen molar-refractivity contribution < 1.29 is 80.2 Å². The third kappa shape index (κ3) is 75.8. The van der Waals surface area contributed by atoms with E-state index >= 15 is 0 Å². The van der Waals surface area contributed by atoms with Gasteiger partial charge in [-0.15, -0.1) is 0 Å². The largest absolute Gasteiger partial charge is 0.472 e. The highest BCUT2D eigenvalue weighted by Crippen LogP contribution is 2.45. The molecule has 5 atom stereocenters. The van der Waals surface area contributed by atoms with Crippen molar-refractivity contribution in [1.29, 1.82) is 0 Å². The Labute approximate surface area is 624 Å². The Morgan fingerprint density at radius 2 is 0.529 bits per heavy atom. The van der Waals surface area contributed by atoms with Crippen molar-refractivity contribution >= 4 is 39.5 Å². The van der Waals surface area contributed by atoms with E-state index in [4.69, 9.17) is 37.0 Å². The molecular weight excluding hydrogens is 1330 g/mol. The van der Waals surface area contributed by atoms with Crippen LogP contribution in [0.2, 0.25) is 0 Å². The molecule has 0 bridgehead atoms. The standard InChI is InChI=1S/C83H158O17P2/c1-6-9-12-15-18-21-23-25-27-28-29-30-31-32-33-35-41-45-49-54-59-64-69-83(88)100-79(73-94-81(86)67-62-57-52-47-43-39-37-36-38-42-46-50-55-60-65-76(4)5)75-98-102(91,92)96-71-77(84)70-95-101(89,90)97-74-78(72-93-80(85)66-61-56-51-20-17-14-11-8-3)99-82(87)68-63-58-53-48-44-40-34-26-24-22-19-16-13-10-7-2/h22,24,26,34,76-79,84H,6-21,23,25,27-33,35-75H2,1-5H3,(H,89,90)(H,91,92)/b24-22-,34-26-/t77-,78+,79+/m0/s1. The first kappa shape index (κ1) is 99.5. The number of hydrogen-bond donors (Lipinski definition) is 3. The SMILES string of the molecule is CCCCCC/C=C\C=C/CCCCCCCC(=O)O[C@H](COC(=O)CCCCCCCCCC)COP(=O)(O)OC[C@H](O)COP(=O)(O)OC[C@@H](COC(=O)CCCCCCCCCCCCCCCCC(C)C)OC(=O)CCCCCCCCCCCCCCCCCCCCCCCC. The quantitative estimate of drug-likeness (QED) is 0.0169. The normalized spacial score (nSPS) is 14.0. The molecule has 0 aromatic rings. The molecule has 0 saturated carbocycles. The first-order chi connectivity index (χ1) is 49.5. The van der Waals surface area contributed by atoms with Crippen molar-refractivity contribution in [2.24, 2.45) is 5.92 Å². The maximum Gasteiger partial charge on any atom is 0.472 e. The van der Waals surface area contributed by atoms with Crippen LogP contribution in [0.1, 0.15) is 420 Å². The minimum absolute atomic E-state index is 0.0852. The average Bonchev–Trinajstić information content (AvgIpc) is 0.987. The lowest BCUT2D eigenvalue weighted by Crippen LogP contribution is -2.30. The number of aliphatic hydroxyl groups is 1. The summed E-state index contributed by atoms with van der Waals surface area (Å²) >= 11 is 0. The highest BCUT2D eigenvalue weighted by atomic mass is 31.2. The number of unbranched alkanes of at least 4 members (excludes halogenated alkanes) is 50. The van der Waals surface area contributed by atoms with E-state index in [1.807, 2.05) is 0 Å². The number of carbonyl (C=O) groups is 4. The number of ether oxygens (including phenoxy) is 4. The number of carbonyl (C=O) groups excluding carboxylic acids is 4. The van der Waals surface area contributed by atoms with Crippen molar-refractivity contribution in [1.82, 2.24) is 0 Å². The first-order valence-electron chi connectivity index (χ1n) is 42.5. The van der Waals surface area contributed by atoms with Gasteiger partial charge in [0.1, 0.15) is 19.3 Å². The fourth-order valence-corrected chi connectivity index (χ4v) is 14.0. The Hall–Kier alpha value is -2.46. The molecule has 0 amide bonds. The van der Waals surface area contributed by atoms with E-state index in [0.29, 0.717) is 25.7 Å². The van der Waals surface area contributed by atoms with Gasteiger partial charge in [0, 0.05) is 25.7 Å². The van der Waals surface area contributed by atoms with Gasteiger partial charge in [-0.2, -0.15) is 0 Å². The zero-order valence-corrected chi connectivity index (χ0v) is 68.0. The summed E-state index contributed by atoms with van der Waals surface area (Å²) in [6.45, 7) is 7.26. The van der Waals surface area contributed by atoms with E-state index < -0.39 is 97.5 Å². The Bertz CT molecular complexity index is 2040. The van der Waals surface area contributed by atoms with Gasteiger partial charge in [-0.05, 0) is 57.3 Å². The van der Waals surface area contributed by atoms with Crippen LogP contribution in [0.4, 0.5) is 0 Å². The molecule has 17 nitrogen and oxygen atoms in total. The number of esters is 4. The van der Waals surface area contributed by atoms with Gasteiger partial charge in [0.05, 0.1) is 26.4 Å². The fraction of sp³-hybridized carbons (Fsp3) is 0.904. The van der Waals surface area contributed by atoms with Crippen LogP contribution in [0.25, 0.3) is 0 Å². The van der Waals surface area contributed by atoms with Gasteiger partial charge < -0.3 is 33.8 Å². The Kier molecular flexibility index (Phi) is 73.5. The lowest BCUT2D eigenvalue weighted by molar-refractivity contribution is -0.161. The van der Waals surface area contributed by atoms with Gasteiger partial charge in [0.15, 0.2) is 12.2 Å². The highest BCUT2D eigenvalue weighted by molar-refractivity contribution is 7.47. The highest BCUT2D eigenvalue weighted by Gasteiger charge is 2.30. The zero-order chi connectivity index (χ0) is 74.8. The second-order valence-electron chi connectivity index (χ2n) is 29.7. The molecule has 3 N–H and O–H groups in total. The van der Waals surface area contributed by atoms with Crippen molar-refractivity contribution in [3.05, 3.63) is 24.3 Å². The molecule has 2 unspecified atom stereocenters. The molecular formula is C83H158O17P2. The van der Waals surface area contributed by atoms with Crippen molar-refractivity contribution in [2.45, 2.75) is 438 Å². The summed E-state index contributed by atoms with van der Waals surface area (Å²) in [5, 5.41) is 10.6. The molecule has 0 aliphatic heterocycles. The van der Waals surface area contributed by atoms with Crippen LogP contribution in [0.15, 0.2) is 24.3 Å². The summed E-state index contributed by atoms with van der Waals surface area (Å²) in [7, 11) is -9.93. The Balaban J connectivity index is 5.21. The Morgan fingerprint density at radius 1 is 0.304 bits per heavy atom. The molecule has 0 fully saturated rings. The van der Waals surface area contributed by atoms with Crippen molar-refractivity contribution in [2.75, 3.05) is 39.6 Å². The molecule has 19 heteroatoms.